The second kappa shape index (κ2) is 9.16. The van der Waals surface area contributed by atoms with Crippen LogP contribution < -0.4 is 5.32 Å². The summed E-state index contributed by atoms with van der Waals surface area (Å²) >= 11 is 11.4. The van der Waals surface area contributed by atoms with Gasteiger partial charge in [0.1, 0.15) is 11.0 Å². The van der Waals surface area contributed by atoms with Crippen molar-refractivity contribution in [3.05, 3.63) is 58.3 Å². The second-order valence-electron chi connectivity index (χ2n) is 4.59. The molecular weight excluding hydrogens is 374 g/mol. The summed E-state index contributed by atoms with van der Waals surface area (Å²) in [4.78, 5) is 17.8. The maximum atomic E-state index is 12.4. The molecule has 25 heavy (non-hydrogen) atoms. The number of hydrogen-bond donors (Lipinski definition) is 3. The molecule has 0 aliphatic carbocycles. The van der Waals surface area contributed by atoms with Gasteiger partial charge in [0.25, 0.3) is 5.91 Å². The number of H-pyrrole nitrogens is 1. The summed E-state index contributed by atoms with van der Waals surface area (Å²) in [7, 11) is 0. The van der Waals surface area contributed by atoms with E-state index in [0.29, 0.717) is 27.3 Å². The molecule has 3 rings (SSSR count). The fraction of sp³-hybridized carbons (Fsp3) is 0.133. The van der Waals surface area contributed by atoms with Crippen LogP contribution in [0.5, 0.6) is 0 Å². The molecule has 132 valence electrons. The number of hydrogen-bond acceptors (Lipinski definition) is 5. The number of aliphatic hydroxyl groups is 1. The van der Waals surface area contributed by atoms with Crippen molar-refractivity contribution in [2.45, 2.75) is 0 Å². The number of benzene rings is 1. The maximum absolute atomic E-state index is 12.4. The van der Waals surface area contributed by atoms with Gasteiger partial charge in [-0.15, -0.1) is 0 Å². The van der Waals surface area contributed by atoms with Crippen LogP contribution in [0.25, 0.3) is 11.5 Å². The Kier molecular flexibility index (Phi) is 6.93. The largest absolute Gasteiger partial charge is 0.395 e. The zero-order valence-corrected chi connectivity index (χ0v) is 14.2. The predicted molar refractivity (Wildman–Crippen MR) is 89.9 cm³/mol. The third-order valence-electron chi connectivity index (χ3n) is 2.83. The van der Waals surface area contributed by atoms with Crippen molar-refractivity contribution in [2.75, 3.05) is 13.2 Å². The van der Waals surface area contributed by atoms with Gasteiger partial charge < -0.3 is 19.9 Å². The highest BCUT2D eigenvalue weighted by Gasteiger charge is 2.08. The number of halogens is 3. The fourth-order valence-electron chi connectivity index (χ4n) is 1.69. The number of amides is 1. The van der Waals surface area contributed by atoms with Crippen LogP contribution in [0.1, 0.15) is 10.4 Å². The summed E-state index contributed by atoms with van der Waals surface area (Å²) in [5, 5.41) is 15.3. The van der Waals surface area contributed by atoms with E-state index in [0.717, 1.165) is 0 Å². The Balaban J connectivity index is 0.000000181. The lowest BCUT2D eigenvalue weighted by molar-refractivity contribution is 0.0944. The van der Waals surface area contributed by atoms with Gasteiger partial charge in [0.15, 0.2) is 0 Å². The van der Waals surface area contributed by atoms with Gasteiger partial charge in [-0.1, -0.05) is 28.4 Å². The number of nitrogens with zero attached hydrogens (tertiary/aromatic N) is 2. The van der Waals surface area contributed by atoms with E-state index < -0.39 is 0 Å². The van der Waals surface area contributed by atoms with E-state index in [1.54, 1.807) is 6.07 Å². The Morgan fingerprint density at radius 2 is 2.04 bits per heavy atom. The summed E-state index contributed by atoms with van der Waals surface area (Å²) < 4.78 is 17.0. The number of aliphatic hydroxyl groups excluding tert-OH is 1. The monoisotopic (exact) mass is 386 g/mol. The minimum Gasteiger partial charge on any atom is -0.395 e. The van der Waals surface area contributed by atoms with E-state index in [4.69, 9.17) is 28.3 Å². The van der Waals surface area contributed by atoms with Crippen molar-refractivity contribution < 1.29 is 18.8 Å². The highest BCUT2D eigenvalue weighted by molar-refractivity contribution is 6.41. The van der Waals surface area contributed by atoms with Crippen LogP contribution in [0.15, 0.2) is 41.2 Å². The van der Waals surface area contributed by atoms with E-state index in [9.17, 15) is 9.18 Å². The average molecular weight is 387 g/mol. The molecule has 0 aliphatic heterocycles. The van der Waals surface area contributed by atoms with E-state index in [2.05, 4.69) is 25.0 Å². The SMILES string of the molecule is Clc1cc(-c2ncon2)[nH]c1Cl.O=C(NCCO)c1ccc(F)cc1. The Morgan fingerprint density at radius 1 is 1.32 bits per heavy atom. The van der Waals surface area contributed by atoms with Crippen LogP contribution in [0.3, 0.4) is 0 Å². The molecule has 0 spiro atoms. The van der Waals surface area contributed by atoms with Gasteiger partial charge in [-0.25, -0.2) is 4.39 Å². The fourth-order valence-corrected chi connectivity index (χ4v) is 2.00. The first-order valence-corrected chi connectivity index (χ1v) is 7.72. The number of carbonyl (C=O) groups excluding carboxylic acids is 1. The Bertz CT molecular complexity index is 787. The molecule has 7 nitrogen and oxygen atoms in total. The van der Waals surface area contributed by atoms with E-state index in [1.807, 2.05) is 0 Å². The molecule has 0 saturated carbocycles. The zero-order valence-electron chi connectivity index (χ0n) is 12.7. The molecular formula is C15H13Cl2FN4O3. The van der Waals surface area contributed by atoms with Crippen LogP contribution in [-0.4, -0.2) is 39.3 Å². The predicted octanol–water partition coefficient (Wildman–Crippen LogP) is 2.92. The van der Waals surface area contributed by atoms with Gasteiger partial charge in [-0.05, 0) is 30.3 Å². The summed E-state index contributed by atoms with van der Waals surface area (Å²) in [6.45, 7) is 0.100. The number of nitrogens with one attached hydrogen (secondary N) is 2. The Labute approximate surface area is 151 Å². The lowest BCUT2D eigenvalue weighted by atomic mass is 10.2. The van der Waals surface area contributed by atoms with E-state index in [1.165, 1.54) is 30.7 Å². The molecule has 0 atom stereocenters. The topological polar surface area (TPSA) is 104 Å². The molecule has 3 aromatic rings. The molecule has 0 unspecified atom stereocenters. The standard InChI is InChI=1S/C9H10FNO2.C6H3Cl2N3O/c10-8-3-1-7(2-4-8)9(13)11-5-6-12;7-3-1-4(10-5(3)8)6-9-2-12-11-6/h1-4,12H,5-6H2,(H,11,13);1-2,10H. The summed E-state index contributed by atoms with van der Waals surface area (Å²) in [6, 6.07) is 6.85. The minimum atomic E-state index is -0.376. The van der Waals surface area contributed by atoms with Crippen LogP contribution in [0, 0.1) is 5.82 Å². The van der Waals surface area contributed by atoms with Crippen molar-refractivity contribution in [3.63, 3.8) is 0 Å². The summed E-state index contributed by atoms with van der Waals surface area (Å²) in [5.74, 6) is -0.253. The Morgan fingerprint density at radius 3 is 2.56 bits per heavy atom. The summed E-state index contributed by atoms with van der Waals surface area (Å²) in [6.07, 6.45) is 1.23. The molecule has 10 heteroatoms. The van der Waals surface area contributed by atoms with Crippen molar-refractivity contribution in [1.82, 2.24) is 20.4 Å². The third kappa shape index (κ3) is 5.56. The van der Waals surface area contributed by atoms with E-state index in [-0.39, 0.29) is 24.9 Å². The Hall–Kier alpha value is -2.42. The van der Waals surface area contributed by atoms with Crippen molar-refractivity contribution in [1.29, 1.82) is 0 Å². The quantitative estimate of drug-likeness (QED) is 0.639. The normalized spacial score (nSPS) is 10.1. The lowest BCUT2D eigenvalue weighted by Crippen LogP contribution is -2.26. The van der Waals surface area contributed by atoms with Crippen molar-refractivity contribution in [2.24, 2.45) is 0 Å². The van der Waals surface area contributed by atoms with Crippen LogP contribution in [-0.2, 0) is 0 Å². The van der Waals surface area contributed by atoms with Gasteiger partial charge in [0, 0.05) is 12.1 Å². The molecule has 1 aromatic carbocycles. The molecule has 0 saturated heterocycles. The zero-order chi connectivity index (χ0) is 18.2. The lowest BCUT2D eigenvalue weighted by Gasteiger charge is -2.01. The van der Waals surface area contributed by atoms with Gasteiger partial charge in [-0.3, -0.25) is 4.79 Å². The maximum Gasteiger partial charge on any atom is 0.251 e. The van der Waals surface area contributed by atoms with Crippen LogP contribution in [0.4, 0.5) is 4.39 Å². The van der Waals surface area contributed by atoms with Gasteiger partial charge in [0.05, 0.1) is 17.3 Å². The third-order valence-corrected chi connectivity index (χ3v) is 3.52. The van der Waals surface area contributed by atoms with Crippen molar-refractivity contribution >= 4 is 29.1 Å². The number of carbonyl (C=O) groups is 1. The first kappa shape index (κ1) is 18.9. The molecule has 0 bridgehead atoms. The first-order chi connectivity index (χ1) is 12.0. The highest BCUT2D eigenvalue weighted by atomic mass is 35.5. The smallest absolute Gasteiger partial charge is 0.251 e. The van der Waals surface area contributed by atoms with Gasteiger partial charge in [-0.2, -0.15) is 4.98 Å². The number of aromatic amines is 1. The van der Waals surface area contributed by atoms with Crippen LogP contribution >= 0.6 is 23.2 Å². The molecule has 0 aliphatic rings. The number of aromatic nitrogens is 3. The molecule has 0 radical (unpaired) electrons. The number of rotatable bonds is 4. The molecule has 3 N–H and O–H groups in total. The molecule has 2 aromatic heterocycles. The molecule has 0 fully saturated rings. The molecule has 1 amide bonds. The van der Waals surface area contributed by atoms with Crippen LogP contribution in [0.2, 0.25) is 10.2 Å². The van der Waals surface area contributed by atoms with Gasteiger partial charge >= 0.3 is 0 Å². The summed E-state index contributed by atoms with van der Waals surface area (Å²) in [5.41, 5.74) is 1.02. The molecule has 2 heterocycles. The van der Waals surface area contributed by atoms with E-state index >= 15 is 0 Å². The first-order valence-electron chi connectivity index (χ1n) is 6.96. The average Bonchev–Trinajstić information content (AvgIpc) is 3.24. The minimum absolute atomic E-state index is 0.104. The van der Waals surface area contributed by atoms with Gasteiger partial charge in [0.2, 0.25) is 12.2 Å². The highest BCUT2D eigenvalue weighted by Crippen LogP contribution is 2.26. The second-order valence-corrected chi connectivity index (χ2v) is 5.37. The van der Waals surface area contributed by atoms with Crippen molar-refractivity contribution in [3.8, 4) is 11.5 Å².